The number of halogens is 2. The predicted molar refractivity (Wildman–Crippen MR) is 117 cm³/mol. The largest absolute Gasteiger partial charge is 0.345 e. The van der Waals surface area contributed by atoms with Crippen LogP contribution >= 0.6 is 27.5 Å². The summed E-state index contributed by atoms with van der Waals surface area (Å²) in [5.74, 6) is 0.232. The van der Waals surface area contributed by atoms with Gasteiger partial charge in [-0.2, -0.15) is 0 Å². The molecule has 1 unspecified atom stereocenters. The van der Waals surface area contributed by atoms with Crippen LogP contribution in [0.25, 0.3) is 0 Å². The fourth-order valence-corrected chi connectivity index (χ4v) is 4.04. The lowest BCUT2D eigenvalue weighted by Gasteiger charge is -2.22. The molecule has 1 aliphatic rings. The summed E-state index contributed by atoms with van der Waals surface area (Å²) in [7, 11) is 0. The maximum absolute atomic E-state index is 13.3. The average molecular weight is 467 g/mol. The normalized spacial score (nSPS) is 14.6. The second-order valence-corrected chi connectivity index (χ2v) is 8.52. The number of amides is 1. The first-order chi connectivity index (χ1) is 13.3. The highest BCUT2D eigenvalue weighted by Gasteiger charge is 2.34. The topological polar surface area (TPSA) is 63.1 Å². The number of carbonyl (C=O) groups is 1. The van der Waals surface area contributed by atoms with E-state index in [2.05, 4.69) is 26.7 Å². The number of nitrogens with zero attached hydrogens (tertiary/aromatic N) is 1. The lowest BCUT2D eigenvalue weighted by atomic mass is 10.0. The lowest BCUT2D eigenvalue weighted by Crippen LogP contribution is -2.37. The minimum Gasteiger partial charge on any atom is -0.345 e. The van der Waals surface area contributed by atoms with Gasteiger partial charge in [0.25, 0.3) is 11.5 Å². The smallest absolute Gasteiger partial charge is 0.283 e. The first-order valence-electron chi connectivity index (χ1n) is 9.57. The molecule has 0 aliphatic heterocycles. The third-order valence-corrected chi connectivity index (χ3v) is 6.30. The summed E-state index contributed by atoms with van der Waals surface area (Å²) < 4.78 is 1.86. The Morgan fingerprint density at radius 1 is 1.36 bits per heavy atom. The summed E-state index contributed by atoms with van der Waals surface area (Å²) in [5, 5.41) is 3.85. The molecule has 1 heterocycles. The van der Waals surface area contributed by atoms with E-state index in [1.807, 2.05) is 31.2 Å². The first kappa shape index (κ1) is 20.9. The van der Waals surface area contributed by atoms with Gasteiger partial charge in [0.15, 0.2) is 0 Å². The fraction of sp³-hybridized carbons (Fsp3) is 0.429. The Bertz CT molecular complexity index is 953. The number of pyridine rings is 1. The van der Waals surface area contributed by atoms with E-state index in [1.165, 1.54) is 4.68 Å². The van der Waals surface area contributed by atoms with Crippen molar-refractivity contribution in [3.8, 4) is 0 Å². The predicted octanol–water partition coefficient (Wildman–Crippen LogP) is 4.72. The van der Waals surface area contributed by atoms with Gasteiger partial charge in [-0.05, 0) is 78.2 Å². The molecule has 7 heteroatoms. The second-order valence-electron chi connectivity index (χ2n) is 7.29. The fourth-order valence-electron chi connectivity index (χ4n) is 3.47. The summed E-state index contributed by atoms with van der Waals surface area (Å²) in [6.07, 6.45) is 3.03. The Morgan fingerprint density at radius 3 is 2.68 bits per heavy atom. The summed E-state index contributed by atoms with van der Waals surface area (Å²) >= 11 is 9.53. The molecule has 1 amide bonds. The van der Waals surface area contributed by atoms with E-state index in [9.17, 15) is 9.59 Å². The number of hydrogen-bond donors (Lipinski definition) is 2. The average Bonchev–Trinajstić information content (AvgIpc) is 3.49. The number of hydrogen-bond acceptors (Lipinski definition) is 3. The number of benzene rings is 1. The van der Waals surface area contributed by atoms with Gasteiger partial charge in [0.2, 0.25) is 0 Å². The van der Waals surface area contributed by atoms with Gasteiger partial charge in [-0.1, -0.05) is 30.7 Å². The molecule has 1 aromatic heterocycles. The molecule has 1 aromatic carbocycles. The SMILES string of the molecule is CCCNn1c(C)c(C(=O)NC(c2cccc(Cl)c2)C2CC2)c(C)c(Br)c1=O. The molecule has 1 aliphatic carbocycles. The molecule has 0 bridgehead atoms. The van der Waals surface area contributed by atoms with Crippen LogP contribution in [-0.2, 0) is 0 Å². The van der Waals surface area contributed by atoms with Gasteiger partial charge in [0.1, 0.15) is 0 Å². The van der Waals surface area contributed by atoms with Crippen LogP contribution in [-0.4, -0.2) is 17.1 Å². The quantitative estimate of drug-likeness (QED) is 0.621. The lowest BCUT2D eigenvalue weighted by molar-refractivity contribution is 0.0929. The minimum atomic E-state index is -0.186. The summed E-state index contributed by atoms with van der Waals surface area (Å²) in [5.41, 5.74) is 5.69. The van der Waals surface area contributed by atoms with Crippen LogP contribution in [0.15, 0.2) is 33.5 Å². The van der Waals surface area contributed by atoms with Gasteiger partial charge in [-0.15, -0.1) is 0 Å². The van der Waals surface area contributed by atoms with E-state index in [0.29, 0.717) is 38.8 Å². The van der Waals surface area contributed by atoms with Gasteiger partial charge in [-0.3, -0.25) is 9.59 Å². The van der Waals surface area contributed by atoms with Crippen molar-refractivity contribution in [3.63, 3.8) is 0 Å². The molecule has 1 saturated carbocycles. The molecule has 0 spiro atoms. The number of carbonyl (C=O) groups excluding carboxylic acids is 1. The molecule has 2 aromatic rings. The monoisotopic (exact) mass is 465 g/mol. The zero-order valence-corrected chi connectivity index (χ0v) is 18.7. The Balaban J connectivity index is 1.97. The van der Waals surface area contributed by atoms with Gasteiger partial charge in [0, 0.05) is 11.6 Å². The Morgan fingerprint density at radius 2 is 2.07 bits per heavy atom. The van der Waals surface area contributed by atoms with Crippen LogP contribution in [0.2, 0.25) is 5.02 Å². The molecule has 2 N–H and O–H groups in total. The van der Waals surface area contributed by atoms with Crippen LogP contribution in [0, 0.1) is 19.8 Å². The third-order valence-electron chi connectivity index (χ3n) is 5.13. The van der Waals surface area contributed by atoms with E-state index in [0.717, 1.165) is 24.8 Å². The maximum Gasteiger partial charge on any atom is 0.283 e. The molecule has 5 nitrogen and oxygen atoms in total. The molecule has 28 heavy (non-hydrogen) atoms. The highest BCUT2D eigenvalue weighted by molar-refractivity contribution is 9.10. The van der Waals surface area contributed by atoms with E-state index in [4.69, 9.17) is 11.6 Å². The third kappa shape index (κ3) is 4.28. The number of nitrogens with one attached hydrogen (secondary N) is 2. The van der Waals surface area contributed by atoms with Crippen LogP contribution in [0.3, 0.4) is 0 Å². The van der Waals surface area contributed by atoms with Crippen molar-refractivity contribution in [2.75, 3.05) is 12.0 Å². The van der Waals surface area contributed by atoms with E-state index in [-0.39, 0.29) is 17.5 Å². The Hall–Kier alpha value is -1.79. The van der Waals surface area contributed by atoms with Gasteiger partial charge in [0.05, 0.1) is 21.8 Å². The number of aromatic nitrogens is 1. The van der Waals surface area contributed by atoms with Crippen molar-refractivity contribution in [1.29, 1.82) is 0 Å². The van der Waals surface area contributed by atoms with Crippen molar-refractivity contribution in [1.82, 2.24) is 9.99 Å². The minimum absolute atomic E-state index is 0.0900. The molecular weight excluding hydrogens is 442 g/mol. The standard InChI is InChI=1S/C21H25BrClN3O2/c1-4-10-24-26-13(3)17(12(2)18(22)21(26)28)20(27)25-19(14-8-9-14)15-6-5-7-16(23)11-15/h5-7,11,14,19,24H,4,8-10H2,1-3H3,(H,25,27). The van der Waals surface area contributed by atoms with E-state index >= 15 is 0 Å². The van der Waals surface area contributed by atoms with E-state index in [1.54, 1.807) is 13.8 Å². The van der Waals surface area contributed by atoms with Crippen molar-refractivity contribution in [3.05, 3.63) is 66.5 Å². The molecule has 3 rings (SSSR count). The molecule has 0 saturated heterocycles. The van der Waals surface area contributed by atoms with Crippen molar-refractivity contribution < 1.29 is 4.79 Å². The molecular formula is C21H25BrClN3O2. The Labute approximate surface area is 178 Å². The second kappa shape index (κ2) is 8.70. The van der Waals surface area contributed by atoms with Gasteiger partial charge >= 0.3 is 0 Å². The highest BCUT2D eigenvalue weighted by Crippen LogP contribution is 2.41. The van der Waals surface area contributed by atoms with Crippen molar-refractivity contribution in [2.45, 2.75) is 46.1 Å². The van der Waals surface area contributed by atoms with Crippen molar-refractivity contribution in [2.24, 2.45) is 5.92 Å². The van der Waals surface area contributed by atoms with Crippen LogP contribution in [0.4, 0.5) is 0 Å². The summed E-state index contributed by atoms with van der Waals surface area (Å²) in [6, 6.07) is 7.55. The summed E-state index contributed by atoms with van der Waals surface area (Å²) in [4.78, 5) is 25.9. The van der Waals surface area contributed by atoms with Crippen molar-refractivity contribution >= 4 is 33.4 Å². The van der Waals surface area contributed by atoms with E-state index < -0.39 is 0 Å². The molecule has 0 radical (unpaired) electrons. The highest BCUT2D eigenvalue weighted by atomic mass is 79.9. The number of rotatable bonds is 7. The van der Waals surface area contributed by atoms with Gasteiger partial charge < -0.3 is 10.7 Å². The Kier molecular flexibility index (Phi) is 6.50. The van der Waals surface area contributed by atoms with Crippen LogP contribution < -0.4 is 16.3 Å². The van der Waals surface area contributed by atoms with Gasteiger partial charge in [-0.25, -0.2) is 4.68 Å². The zero-order chi connectivity index (χ0) is 20.4. The molecule has 1 atom stereocenters. The summed E-state index contributed by atoms with van der Waals surface area (Å²) in [6.45, 7) is 6.26. The molecule has 1 fully saturated rings. The maximum atomic E-state index is 13.3. The van der Waals surface area contributed by atoms with Crippen LogP contribution in [0.5, 0.6) is 0 Å². The molecule has 150 valence electrons. The van der Waals surface area contributed by atoms with Crippen LogP contribution in [0.1, 0.15) is 59.4 Å². The first-order valence-corrected chi connectivity index (χ1v) is 10.7. The zero-order valence-electron chi connectivity index (χ0n) is 16.3.